The summed E-state index contributed by atoms with van der Waals surface area (Å²) in [5.41, 5.74) is 2.92. The third-order valence-electron chi connectivity index (χ3n) is 7.70. The first-order chi connectivity index (χ1) is 18.0. The molecule has 3 aliphatic heterocycles. The highest BCUT2D eigenvalue weighted by atomic mass is 19.1. The summed E-state index contributed by atoms with van der Waals surface area (Å²) >= 11 is 0. The molecular formula is C27H34FN5O4. The van der Waals surface area contributed by atoms with E-state index in [1.165, 1.54) is 12.1 Å². The molecule has 1 N–H and O–H groups in total. The molecule has 3 heterocycles. The molecule has 0 aromatic heterocycles. The van der Waals surface area contributed by atoms with Crippen molar-refractivity contribution < 1.29 is 18.8 Å². The van der Waals surface area contributed by atoms with Crippen molar-refractivity contribution in [2.45, 2.75) is 25.4 Å². The molecule has 0 radical (unpaired) electrons. The van der Waals surface area contributed by atoms with Gasteiger partial charge in [-0.1, -0.05) is 12.1 Å². The van der Waals surface area contributed by atoms with Crippen LogP contribution in [0.3, 0.4) is 0 Å². The van der Waals surface area contributed by atoms with Gasteiger partial charge in [-0.2, -0.15) is 0 Å². The Morgan fingerprint density at radius 3 is 2.62 bits per heavy atom. The van der Waals surface area contributed by atoms with Crippen LogP contribution in [0.4, 0.5) is 15.8 Å². The molecule has 0 saturated carbocycles. The van der Waals surface area contributed by atoms with Gasteiger partial charge in [0, 0.05) is 63.6 Å². The van der Waals surface area contributed by atoms with E-state index in [4.69, 9.17) is 4.74 Å². The lowest BCUT2D eigenvalue weighted by Gasteiger charge is -2.49. The van der Waals surface area contributed by atoms with Gasteiger partial charge in [-0.05, 0) is 48.7 Å². The zero-order valence-corrected chi connectivity index (χ0v) is 21.0. The highest BCUT2D eigenvalue weighted by molar-refractivity contribution is 5.82. The van der Waals surface area contributed by atoms with Crippen molar-refractivity contribution in [1.82, 2.24) is 15.1 Å². The Morgan fingerprint density at radius 2 is 1.86 bits per heavy atom. The van der Waals surface area contributed by atoms with Crippen LogP contribution in [0, 0.1) is 21.8 Å². The normalized spacial score (nSPS) is 22.2. The maximum atomic E-state index is 13.5. The average Bonchev–Trinajstić information content (AvgIpc) is 2.92. The van der Waals surface area contributed by atoms with Crippen LogP contribution in [-0.4, -0.2) is 85.7 Å². The molecule has 5 rings (SSSR count). The molecule has 9 nitrogen and oxygen atoms in total. The Hall–Kier alpha value is -3.08. The van der Waals surface area contributed by atoms with Gasteiger partial charge in [0.2, 0.25) is 5.91 Å². The van der Waals surface area contributed by atoms with E-state index in [2.05, 4.69) is 20.0 Å². The van der Waals surface area contributed by atoms with Gasteiger partial charge in [-0.3, -0.25) is 24.7 Å². The van der Waals surface area contributed by atoms with E-state index in [-0.39, 0.29) is 34.3 Å². The number of benzene rings is 2. The van der Waals surface area contributed by atoms with E-state index in [9.17, 15) is 19.3 Å². The maximum absolute atomic E-state index is 13.5. The van der Waals surface area contributed by atoms with Gasteiger partial charge < -0.3 is 15.0 Å². The fourth-order valence-corrected chi connectivity index (χ4v) is 5.74. The highest BCUT2D eigenvalue weighted by Gasteiger charge is 2.41. The van der Waals surface area contributed by atoms with Crippen molar-refractivity contribution in [2.24, 2.45) is 5.92 Å². The first-order valence-corrected chi connectivity index (χ1v) is 13.1. The number of nitrogens with one attached hydrogen (secondary N) is 1. The summed E-state index contributed by atoms with van der Waals surface area (Å²) < 4.78 is 18.8. The van der Waals surface area contributed by atoms with Gasteiger partial charge in [0.15, 0.2) is 0 Å². The smallest absolute Gasteiger partial charge is 0.269 e. The number of carbonyl (C=O) groups is 1. The Balaban J connectivity index is 1.28. The predicted octanol–water partition coefficient (Wildman–Crippen LogP) is 2.44. The zero-order valence-electron chi connectivity index (χ0n) is 21.0. The minimum atomic E-state index is -0.381. The summed E-state index contributed by atoms with van der Waals surface area (Å²) in [6, 6.07) is 11.5. The Bertz CT molecular complexity index is 1110. The predicted molar refractivity (Wildman–Crippen MR) is 138 cm³/mol. The van der Waals surface area contributed by atoms with E-state index in [1.807, 2.05) is 6.07 Å². The summed E-state index contributed by atoms with van der Waals surface area (Å²) in [6.07, 6.45) is 1.34. The van der Waals surface area contributed by atoms with E-state index in [0.717, 1.165) is 69.2 Å². The number of hydrogen-bond acceptors (Lipinski definition) is 7. The molecule has 198 valence electrons. The number of halogens is 1. The van der Waals surface area contributed by atoms with Crippen molar-refractivity contribution in [3.8, 4) is 0 Å². The lowest BCUT2D eigenvalue weighted by Crippen LogP contribution is -2.61. The summed E-state index contributed by atoms with van der Waals surface area (Å²) in [7, 11) is 0. The molecule has 37 heavy (non-hydrogen) atoms. The Morgan fingerprint density at radius 1 is 1.08 bits per heavy atom. The fraction of sp³-hybridized carbons (Fsp3) is 0.519. The van der Waals surface area contributed by atoms with Gasteiger partial charge in [0.1, 0.15) is 5.82 Å². The summed E-state index contributed by atoms with van der Waals surface area (Å²) in [5, 5.41) is 14.5. The van der Waals surface area contributed by atoms with Crippen LogP contribution in [0.15, 0.2) is 42.5 Å². The second-order valence-corrected chi connectivity index (χ2v) is 10.1. The number of ether oxygens (including phenoxy) is 1. The van der Waals surface area contributed by atoms with Gasteiger partial charge in [0.25, 0.3) is 5.69 Å². The largest absolute Gasteiger partial charge is 0.379 e. The van der Waals surface area contributed by atoms with Gasteiger partial charge >= 0.3 is 0 Å². The van der Waals surface area contributed by atoms with Gasteiger partial charge in [0.05, 0.1) is 30.1 Å². The molecule has 0 spiro atoms. The zero-order chi connectivity index (χ0) is 25.8. The minimum Gasteiger partial charge on any atom is -0.379 e. The number of hydrogen-bond donors (Lipinski definition) is 1. The topological polar surface area (TPSA) is 91.2 Å². The molecule has 0 aliphatic carbocycles. The monoisotopic (exact) mass is 511 g/mol. The molecule has 2 fully saturated rings. The fourth-order valence-electron chi connectivity index (χ4n) is 5.74. The average molecular weight is 512 g/mol. The van der Waals surface area contributed by atoms with Crippen LogP contribution in [-0.2, 0) is 22.5 Å². The third-order valence-corrected chi connectivity index (χ3v) is 7.70. The van der Waals surface area contributed by atoms with Gasteiger partial charge in [-0.25, -0.2) is 4.39 Å². The standard InChI is InChI=1S/C27H34FN5O4/c28-22-4-2-20(3-5-22)18-31-10-11-32-25-7-6-23(33(35)36)16-21(25)17-24(26(32)19-31)27(34)29-8-1-9-30-12-14-37-15-13-30/h2-7,16,24,26H,1,8-15,17-19H2,(H,29,34)/t24-,26-/m0/s1. The number of piperazine rings is 1. The molecule has 2 atom stereocenters. The summed E-state index contributed by atoms with van der Waals surface area (Å²) in [4.78, 5) is 31.4. The van der Waals surface area contributed by atoms with E-state index >= 15 is 0 Å². The molecule has 10 heteroatoms. The second-order valence-electron chi connectivity index (χ2n) is 10.1. The number of amides is 1. The Kier molecular flexibility index (Phi) is 7.97. The van der Waals surface area contributed by atoms with Crippen molar-refractivity contribution in [2.75, 3.05) is 63.9 Å². The molecule has 3 aliphatic rings. The van der Waals surface area contributed by atoms with E-state index < -0.39 is 0 Å². The van der Waals surface area contributed by atoms with E-state index in [1.54, 1.807) is 24.3 Å². The quantitative estimate of drug-likeness (QED) is 0.331. The molecule has 2 saturated heterocycles. The van der Waals surface area contributed by atoms with Crippen LogP contribution in [0.1, 0.15) is 17.5 Å². The number of nitrogens with zero attached hydrogens (tertiary/aromatic N) is 4. The van der Waals surface area contributed by atoms with E-state index in [0.29, 0.717) is 26.1 Å². The number of fused-ring (bicyclic) bond motifs is 3. The van der Waals surface area contributed by atoms with Crippen LogP contribution in [0.25, 0.3) is 0 Å². The van der Waals surface area contributed by atoms with Crippen LogP contribution in [0.2, 0.25) is 0 Å². The number of morpholine rings is 1. The Labute approximate surface area is 216 Å². The number of carbonyl (C=O) groups excluding carboxylic acids is 1. The molecular weight excluding hydrogens is 477 g/mol. The first-order valence-electron chi connectivity index (χ1n) is 13.1. The number of nitro benzene ring substituents is 1. The first kappa shape index (κ1) is 25.6. The summed E-state index contributed by atoms with van der Waals surface area (Å²) in [6.45, 7) is 7.77. The van der Waals surface area contributed by atoms with Crippen molar-refractivity contribution in [3.05, 3.63) is 69.5 Å². The maximum Gasteiger partial charge on any atom is 0.269 e. The van der Waals surface area contributed by atoms with Crippen LogP contribution < -0.4 is 10.2 Å². The molecule has 2 aromatic carbocycles. The number of non-ortho nitro benzene ring substituents is 1. The van der Waals surface area contributed by atoms with Crippen LogP contribution >= 0.6 is 0 Å². The molecule has 0 unspecified atom stereocenters. The lowest BCUT2D eigenvalue weighted by atomic mass is 9.83. The number of rotatable bonds is 8. The van der Waals surface area contributed by atoms with Crippen LogP contribution in [0.5, 0.6) is 0 Å². The molecule has 2 aromatic rings. The highest BCUT2D eigenvalue weighted by Crippen LogP contribution is 2.38. The van der Waals surface area contributed by atoms with Crippen molar-refractivity contribution in [1.29, 1.82) is 0 Å². The number of nitro groups is 1. The summed E-state index contributed by atoms with van der Waals surface area (Å²) in [5.74, 6) is -0.566. The van der Waals surface area contributed by atoms with Crippen molar-refractivity contribution >= 4 is 17.3 Å². The third kappa shape index (κ3) is 6.08. The minimum absolute atomic E-state index is 0.00207. The SMILES string of the molecule is O=C(NCCCN1CCOCC1)[C@H]1Cc2cc([N+](=O)[O-])ccc2N2CCN(Cc3ccc(F)cc3)C[C@@H]12. The van der Waals surface area contributed by atoms with Crippen molar-refractivity contribution in [3.63, 3.8) is 0 Å². The molecule has 0 bridgehead atoms. The van der Waals surface area contributed by atoms with Gasteiger partial charge in [-0.15, -0.1) is 0 Å². The second kappa shape index (κ2) is 11.5. The molecule has 1 amide bonds. The lowest BCUT2D eigenvalue weighted by molar-refractivity contribution is -0.384. The number of anilines is 1.